The third-order valence-corrected chi connectivity index (χ3v) is 7.21. The largest absolute Gasteiger partial charge is 0.378 e. The molecule has 11 heteroatoms. The Balaban J connectivity index is 1.23. The van der Waals surface area contributed by atoms with Crippen LogP contribution in [0.1, 0.15) is 13.3 Å². The number of morpholine rings is 1. The van der Waals surface area contributed by atoms with Crippen LogP contribution in [0.25, 0.3) is 33.4 Å². The number of carbonyl (C=O) groups excluding carboxylic acids is 2. The monoisotopic (exact) mass is 591 g/mol. The predicted molar refractivity (Wildman–Crippen MR) is 169 cm³/mol. The van der Waals surface area contributed by atoms with E-state index in [0.717, 1.165) is 16.8 Å². The Bertz CT molecular complexity index is 1810. The zero-order chi connectivity index (χ0) is 30.5. The minimum atomic E-state index is -0.542. The van der Waals surface area contributed by atoms with E-state index in [1.807, 2.05) is 30.3 Å². The maximum absolute atomic E-state index is 14.5. The number of aromatic nitrogens is 3. The van der Waals surface area contributed by atoms with Crippen molar-refractivity contribution in [1.82, 2.24) is 15.0 Å². The number of pyridine rings is 1. The molecule has 44 heavy (non-hydrogen) atoms. The number of nitrogens with zero attached hydrogens (tertiary/aromatic N) is 4. The van der Waals surface area contributed by atoms with Gasteiger partial charge in [-0.05, 0) is 78.4 Å². The zero-order valence-electron chi connectivity index (χ0n) is 24.0. The average Bonchev–Trinajstić information content (AvgIpc) is 3.05. The number of nitrogens with one attached hydrogen (secondary N) is 3. The molecule has 1 aliphatic heterocycles. The molecule has 10 nitrogen and oxygen atoms in total. The van der Waals surface area contributed by atoms with Gasteiger partial charge in [-0.15, -0.1) is 0 Å². The van der Waals surface area contributed by atoms with Gasteiger partial charge in [-0.1, -0.05) is 13.0 Å². The maximum atomic E-state index is 14.5. The van der Waals surface area contributed by atoms with Crippen LogP contribution in [-0.2, 0) is 9.53 Å². The van der Waals surface area contributed by atoms with Gasteiger partial charge in [0.1, 0.15) is 5.82 Å². The van der Waals surface area contributed by atoms with Crippen molar-refractivity contribution in [2.45, 2.75) is 13.3 Å². The van der Waals surface area contributed by atoms with Crippen molar-refractivity contribution in [3.8, 4) is 22.5 Å². The number of carbonyl (C=O) groups is 2. The first kappa shape index (κ1) is 28.7. The Labute approximate surface area is 253 Å². The fourth-order valence-corrected chi connectivity index (χ4v) is 4.91. The van der Waals surface area contributed by atoms with Crippen molar-refractivity contribution in [1.29, 1.82) is 0 Å². The van der Waals surface area contributed by atoms with Crippen LogP contribution in [0.4, 0.5) is 32.1 Å². The third kappa shape index (κ3) is 6.47. The maximum Gasteiger partial charge on any atom is 0.323 e. The number of amides is 3. The second-order valence-corrected chi connectivity index (χ2v) is 10.2. The summed E-state index contributed by atoms with van der Waals surface area (Å²) in [6.07, 6.45) is 1.81. The summed E-state index contributed by atoms with van der Waals surface area (Å²) in [6, 6.07) is 22.7. The summed E-state index contributed by atoms with van der Waals surface area (Å²) in [5, 5.41) is 9.24. The number of rotatable bonds is 7. The first-order valence-electron chi connectivity index (χ1n) is 14.3. The Morgan fingerprint density at radius 2 is 1.48 bits per heavy atom. The molecule has 2 aromatic heterocycles. The van der Waals surface area contributed by atoms with Crippen LogP contribution in [0, 0.1) is 5.95 Å². The molecule has 1 saturated heterocycles. The standard InChI is InChI=1S/C33H30FN7O3/c1-2-29(42)36-23-10-12-25(13-11-23)38-33(43)37-24-8-5-21(6-9-24)31-39-28-20-22(26-4-3-15-35-30(26)34)7-14-27(28)32(40-31)41-16-18-44-19-17-41/h3-15,20H,2,16-19H2,1H3,(H,36,42)(H2,37,38,43). The first-order chi connectivity index (χ1) is 21.5. The number of halogens is 1. The van der Waals surface area contributed by atoms with E-state index in [1.54, 1.807) is 55.5 Å². The number of fused-ring (bicyclic) bond motifs is 1. The van der Waals surface area contributed by atoms with Gasteiger partial charge >= 0.3 is 6.03 Å². The molecule has 0 bridgehead atoms. The van der Waals surface area contributed by atoms with E-state index in [-0.39, 0.29) is 5.91 Å². The van der Waals surface area contributed by atoms with Crippen molar-refractivity contribution in [2.75, 3.05) is 47.2 Å². The smallest absolute Gasteiger partial charge is 0.323 e. The lowest BCUT2D eigenvalue weighted by atomic mass is 10.0. The van der Waals surface area contributed by atoms with Crippen LogP contribution >= 0.6 is 0 Å². The van der Waals surface area contributed by atoms with E-state index in [2.05, 4.69) is 25.8 Å². The number of urea groups is 1. The average molecular weight is 592 g/mol. The highest BCUT2D eigenvalue weighted by atomic mass is 19.1. The highest BCUT2D eigenvalue weighted by molar-refractivity contribution is 6.00. The summed E-state index contributed by atoms with van der Waals surface area (Å²) in [5.41, 5.74) is 4.34. The van der Waals surface area contributed by atoms with Crippen molar-refractivity contribution in [3.05, 3.63) is 91.0 Å². The molecule has 6 rings (SSSR count). The fourth-order valence-electron chi connectivity index (χ4n) is 4.91. The highest BCUT2D eigenvalue weighted by Crippen LogP contribution is 2.32. The van der Waals surface area contributed by atoms with Gasteiger partial charge in [0.2, 0.25) is 11.9 Å². The third-order valence-electron chi connectivity index (χ3n) is 7.21. The lowest BCUT2D eigenvalue weighted by Crippen LogP contribution is -2.37. The number of anilines is 4. The van der Waals surface area contributed by atoms with Crippen LogP contribution < -0.4 is 20.9 Å². The van der Waals surface area contributed by atoms with Crippen molar-refractivity contribution >= 4 is 45.7 Å². The summed E-state index contributed by atoms with van der Waals surface area (Å²) in [5.74, 6) is 0.671. The molecule has 0 radical (unpaired) electrons. The summed E-state index contributed by atoms with van der Waals surface area (Å²) in [6.45, 7) is 4.36. The summed E-state index contributed by atoms with van der Waals surface area (Å²) < 4.78 is 20.1. The molecule has 0 saturated carbocycles. The molecular weight excluding hydrogens is 561 g/mol. The van der Waals surface area contributed by atoms with Gasteiger partial charge in [0.25, 0.3) is 0 Å². The van der Waals surface area contributed by atoms with Crippen molar-refractivity contribution in [3.63, 3.8) is 0 Å². The van der Waals surface area contributed by atoms with Gasteiger partial charge < -0.3 is 25.6 Å². The lowest BCUT2D eigenvalue weighted by Gasteiger charge is -2.29. The second kappa shape index (κ2) is 12.8. The summed E-state index contributed by atoms with van der Waals surface area (Å²) in [7, 11) is 0. The Morgan fingerprint density at radius 3 is 2.14 bits per heavy atom. The summed E-state index contributed by atoms with van der Waals surface area (Å²) >= 11 is 0. The molecule has 1 fully saturated rings. The highest BCUT2D eigenvalue weighted by Gasteiger charge is 2.19. The van der Waals surface area contributed by atoms with E-state index >= 15 is 0 Å². The molecule has 222 valence electrons. The molecule has 3 N–H and O–H groups in total. The Morgan fingerprint density at radius 1 is 0.841 bits per heavy atom. The molecule has 0 aliphatic carbocycles. The van der Waals surface area contributed by atoms with Crippen LogP contribution in [0.15, 0.2) is 85.1 Å². The van der Waals surface area contributed by atoms with E-state index in [9.17, 15) is 14.0 Å². The minimum Gasteiger partial charge on any atom is -0.378 e. The van der Waals surface area contributed by atoms with Crippen LogP contribution in [0.3, 0.4) is 0 Å². The number of ether oxygens (including phenoxy) is 1. The van der Waals surface area contributed by atoms with Gasteiger partial charge in [0.15, 0.2) is 5.82 Å². The SMILES string of the molecule is CCC(=O)Nc1ccc(NC(=O)Nc2ccc(-c3nc(N4CCOCC4)c4ccc(-c5cccnc5F)cc4n3)cc2)cc1. The normalized spacial score (nSPS) is 13.0. The molecule has 5 aromatic rings. The van der Waals surface area contributed by atoms with E-state index < -0.39 is 12.0 Å². The Kier molecular flexibility index (Phi) is 8.37. The molecule has 0 unspecified atom stereocenters. The molecular formula is C33H30FN7O3. The van der Waals surface area contributed by atoms with Crippen molar-refractivity contribution in [2.24, 2.45) is 0 Å². The van der Waals surface area contributed by atoms with Gasteiger partial charge in [-0.2, -0.15) is 4.39 Å². The lowest BCUT2D eigenvalue weighted by molar-refractivity contribution is -0.115. The topological polar surface area (TPSA) is 121 Å². The van der Waals surface area contributed by atoms with Gasteiger partial charge in [0.05, 0.1) is 18.7 Å². The molecule has 3 heterocycles. The van der Waals surface area contributed by atoms with Crippen LogP contribution in [-0.4, -0.2) is 53.2 Å². The van der Waals surface area contributed by atoms with Gasteiger partial charge in [-0.3, -0.25) is 4.79 Å². The van der Waals surface area contributed by atoms with E-state index in [4.69, 9.17) is 14.7 Å². The fraction of sp³-hybridized carbons (Fsp3) is 0.182. The van der Waals surface area contributed by atoms with Gasteiger partial charge in [-0.25, -0.2) is 19.7 Å². The molecule has 3 aromatic carbocycles. The number of hydrogen-bond donors (Lipinski definition) is 3. The first-order valence-corrected chi connectivity index (χ1v) is 14.3. The predicted octanol–water partition coefficient (Wildman–Crippen LogP) is 6.33. The zero-order valence-corrected chi connectivity index (χ0v) is 24.0. The Hall–Kier alpha value is -5.42. The summed E-state index contributed by atoms with van der Waals surface area (Å²) in [4.78, 5) is 39.9. The molecule has 0 atom stereocenters. The van der Waals surface area contributed by atoms with Crippen molar-refractivity contribution < 1.29 is 18.7 Å². The number of benzene rings is 3. The van der Waals surface area contributed by atoms with E-state index in [1.165, 1.54) is 6.20 Å². The number of hydrogen-bond acceptors (Lipinski definition) is 7. The molecule has 3 amide bonds. The quantitative estimate of drug-likeness (QED) is 0.189. The molecule has 1 aliphatic rings. The van der Waals surface area contributed by atoms with Gasteiger partial charge in [0, 0.05) is 59.3 Å². The van der Waals surface area contributed by atoms with E-state index in [0.29, 0.717) is 72.3 Å². The minimum absolute atomic E-state index is 0.0804. The van der Waals surface area contributed by atoms with Crippen LogP contribution in [0.2, 0.25) is 0 Å². The van der Waals surface area contributed by atoms with Crippen LogP contribution in [0.5, 0.6) is 0 Å². The second-order valence-electron chi connectivity index (χ2n) is 10.2. The molecule has 0 spiro atoms.